The van der Waals surface area contributed by atoms with Crippen LogP contribution in [-0.2, 0) is 6.61 Å². The number of nitrogens with one attached hydrogen (secondary N) is 2. The highest BCUT2D eigenvalue weighted by atomic mass is 35.5. The summed E-state index contributed by atoms with van der Waals surface area (Å²) in [6.07, 6.45) is 0.730. The molecule has 0 aliphatic carbocycles. The van der Waals surface area contributed by atoms with Crippen LogP contribution < -0.4 is 25.2 Å². The number of halogens is 2. The molecule has 0 saturated carbocycles. The number of piperazine rings is 1. The van der Waals surface area contributed by atoms with Crippen molar-refractivity contribution in [2.45, 2.75) is 19.8 Å². The van der Waals surface area contributed by atoms with Crippen molar-refractivity contribution >= 4 is 52.1 Å². The first-order valence-electron chi connectivity index (χ1n) is 11.2. The number of carbonyl (C=O) groups excluding carboxylic acids is 1. The van der Waals surface area contributed by atoms with Crippen molar-refractivity contribution in [1.29, 1.82) is 0 Å². The number of para-hydroxylation sites is 1. The molecule has 1 amide bonds. The van der Waals surface area contributed by atoms with Gasteiger partial charge in [-0.3, -0.25) is 9.69 Å². The van der Waals surface area contributed by atoms with Crippen LogP contribution in [-0.4, -0.2) is 53.4 Å². The normalized spacial score (nSPS) is 17.7. The Hall–Kier alpha value is -3.11. The van der Waals surface area contributed by atoms with Crippen LogP contribution in [0.2, 0.25) is 10.0 Å². The fourth-order valence-electron chi connectivity index (χ4n) is 4.31. The predicted molar refractivity (Wildman–Crippen MR) is 136 cm³/mol. The second kappa shape index (κ2) is 9.87. The first kappa shape index (κ1) is 23.6. The van der Waals surface area contributed by atoms with Crippen molar-refractivity contribution in [2.75, 3.05) is 41.3 Å². The molecule has 0 spiro atoms. The number of amides is 1. The number of ether oxygens (including phenoxy) is 1. The van der Waals surface area contributed by atoms with Crippen LogP contribution in [0.1, 0.15) is 22.8 Å². The van der Waals surface area contributed by atoms with E-state index in [9.17, 15) is 9.90 Å². The predicted octanol–water partition coefficient (Wildman–Crippen LogP) is 3.81. The van der Waals surface area contributed by atoms with E-state index in [1.165, 1.54) is 11.1 Å². The van der Waals surface area contributed by atoms with Crippen molar-refractivity contribution < 1.29 is 14.6 Å². The van der Waals surface area contributed by atoms with Gasteiger partial charge in [-0.25, -0.2) is 4.98 Å². The van der Waals surface area contributed by atoms with Gasteiger partial charge in [-0.05, 0) is 37.3 Å². The molecule has 9 nitrogen and oxygen atoms in total. The molecule has 2 aliphatic rings. The maximum Gasteiger partial charge on any atom is 0.268 e. The van der Waals surface area contributed by atoms with Gasteiger partial charge in [0.15, 0.2) is 6.23 Å². The number of anilines is 4. The van der Waals surface area contributed by atoms with Crippen LogP contribution >= 0.6 is 23.2 Å². The molecule has 35 heavy (non-hydrogen) atoms. The van der Waals surface area contributed by atoms with Crippen molar-refractivity contribution in [2.24, 2.45) is 0 Å². The lowest BCUT2D eigenvalue weighted by molar-refractivity contribution is 0.0867. The molecule has 3 aromatic rings. The minimum Gasteiger partial charge on any atom is -0.453 e. The summed E-state index contributed by atoms with van der Waals surface area (Å²) in [6, 6.07) is 10.8. The van der Waals surface area contributed by atoms with E-state index in [1.807, 2.05) is 18.2 Å². The number of carbonyl (C=O) groups is 1. The molecule has 3 N–H and O–H groups in total. The molecule has 182 valence electrons. The second-order valence-electron chi connectivity index (χ2n) is 8.24. The molecular weight excluding hydrogens is 491 g/mol. The quantitative estimate of drug-likeness (QED) is 0.472. The first-order chi connectivity index (χ1) is 17.0. The summed E-state index contributed by atoms with van der Waals surface area (Å²) in [5.41, 5.74) is 3.11. The number of benzene rings is 2. The molecule has 1 saturated heterocycles. The number of aromatic nitrogens is 2. The monoisotopic (exact) mass is 514 g/mol. The zero-order valence-electron chi connectivity index (χ0n) is 19.0. The number of fused-ring (bicyclic) bond motifs is 1. The van der Waals surface area contributed by atoms with Crippen LogP contribution in [0.15, 0.2) is 42.6 Å². The van der Waals surface area contributed by atoms with E-state index >= 15 is 0 Å². The third kappa shape index (κ3) is 4.60. The highest BCUT2D eigenvalue weighted by molar-refractivity contribution is 6.40. The highest BCUT2D eigenvalue weighted by Gasteiger charge is 2.36. The van der Waals surface area contributed by atoms with Gasteiger partial charge in [0.05, 0.1) is 22.3 Å². The van der Waals surface area contributed by atoms with E-state index < -0.39 is 6.23 Å². The van der Waals surface area contributed by atoms with Gasteiger partial charge >= 0.3 is 0 Å². The van der Waals surface area contributed by atoms with Crippen molar-refractivity contribution in [3.63, 3.8) is 0 Å². The Kier molecular flexibility index (Phi) is 6.66. The molecule has 1 unspecified atom stereocenters. The number of aliphatic hydroxyl groups excluding tert-OH is 1. The Bertz CT molecular complexity index is 1250. The third-order valence-corrected chi connectivity index (χ3v) is 6.60. The van der Waals surface area contributed by atoms with Crippen LogP contribution in [0, 0.1) is 0 Å². The smallest absolute Gasteiger partial charge is 0.268 e. The fraction of sp³-hybridized carbons (Fsp3) is 0.292. The Morgan fingerprint density at radius 1 is 1.20 bits per heavy atom. The van der Waals surface area contributed by atoms with Crippen molar-refractivity contribution in [3.05, 3.63) is 63.8 Å². The van der Waals surface area contributed by atoms with E-state index in [4.69, 9.17) is 27.9 Å². The zero-order valence-corrected chi connectivity index (χ0v) is 20.5. The van der Waals surface area contributed by atoms with E-state index in [0.717, 1.165) is 37.4 Å². The number of aliphatic hydroxyl groups is 1. The number of nitrogens with zero attached hydrogens (tertiary/aromatic N) is 4. The lowest BCUT2D eigenvalue weighted by atomic mass is 10.1. The zero-order chi connectivity index (χ0) is 24.5. The summed E-state index contributed by atoms with van der Waals surface area (Å²) >= 11 is 12.6. The van der Waals surface area contributed by atoms with Crippen molar-refractivity contribution in [1.82, 2.24) is 15.3 Å². The van der Waals surface area contributed by atoms with E-state index in [0.29, 0.717) is 21.4 Å². The molecule has 1 aromatic heterocycles. The molecule has 2 aromatic carbocycles. The summed E-state index contributed by atoms with van der Waals surface area (Å²) < 4.78 is 5.95. The van der Waals surface area contributed by atoms with Gasteiger partial charge in [-0.2, -0.15) is 4.98 Å². The summed E-state index contributed by atoms with van der Waals surface area (Å²) in [5.74, 6) is 0.0780. The van der Waals surface area contributed by atoms with Crippen LogP contribution in [0.5, 0.6) is 5.88 Å². The molecule has 2 aliphatic heterocycles. The van der Waals surface area contributed by atoms with E-state index in [2.05, 4.69) is 25.5 Å². The van der Waals surface area contributed by atoms with Crippen LogP contribution in [0.4, 0.5) is 23.0 Å². The molecule has 11 heteroatoms. The van der Waals surface area contributed by atoms with Gasteiger partial charge in [0, 0.05) is 49.3 Å². The molecule has 3 heterocycles. The molecule has 5 rings (SSSR count). The topological polar surface area (TPSA) is 103 Å². The third-order valence-electron chi connectivity index (χ3n) is 5.99. The first-order valence-corrected chi connectivity index (χ1v) is 12.0. The summed E-state index contributed by atoms with van der Waals surface area (Å²) in [4.78, 5) is 25.6. The lowest BCUT2D eigenvalue weighted by Gasteiger charge is -2.34. The summed E-state index contributed by atoms with van der Waals surface area (Å²) in [7, 11) is 0. The molecule has 1 atom stereocenters. The average Bonchev–Trinajstić information content (AvgIpc) is 2.86. The minimum atomic E-state index is -0.686. The number of rotatable bonds is 5. The molecule has 0 radical (unpaired) electrons. The van der Waals surface area contributed by atoms with Gasteiger partial charge in [0.2, 0.25) is 11.8 Å². The number of hydrogen-bond donors (Lipinski definition) is 3. The standard InChI is InChI=1S/C24H24Cl2N6O3/c1-14-32(21-18(25)3-2-4-19(21)26)23(34)17-12-28-24(30-22(17)35-14)29-16-5-6-20(15(11-16)13-33)31-9-7-27-8-10-31/h2-6,11-12,14,27,33H,7-10,13H2,1H3,(H,28,29,30). The minimum absolute atomic E-state index is 0.0879. The van der Waals surface area contributed by atoms with Gasteiger partial charge in [-0.15, -0.1) is 0 Å². The fourth-order valence-corrected chi connectivity index (χ4v) is 4.89. The maximum absolute atomic E-state index is 13.3. The van der Waals surface area contributed by atoms with Crippen LogP contribution in [0.3, 0.4) is 0 Å². The Morgan fingerprint density at radius 2 is 1.94 bits per heavy atom. The van der Waals surface area contributed by atoms with Gasteiger partial charge in [0.25, 0.3) is 5.91 Å². The molecule has 0 bridgehead atoms. The SMILES string of the molecule is CC1Oc2nc(Nc3ccc(N4CCNCC4)c(CO)c3)ncc2C(=O)N1c1c(Cl)cccc1Cl. The second-order valence-corrected chi connectivity index (χ2v) is 9.05. The summed E-state index contributed by atoms with van der Waals surface area (Å²) in [6.45, 7) is 5.21. The summed E-state index contributed by atoms with van der Waals surface area (Å²) in [5, 5.41) is 17.1. The highest BCUT2D eigenvalue weighted by Crippen LogP contribution is 2.39. The Morgan fingerprint density at radius 3 is 2.66 bits per heavy atom. The van der Waals surface area contributed by atoms with Gasteiger partial charge in [-0.1, -0.05) is 29.3 Å². The van der Waals surface area contributed by atoms with Crippen LogP contribution in [0.25, 0.3) is 0 Å². The van der Waals surface area contributed by atoms with Crippen molar-refractivity contribution in [3.8, 4) is 5.88 Å². The van der Waals surface area contributed by atoms with Gasteiger partial charge in [0.1, 0.15) is 5.56 Å². The molecule has 1 fully saturated rings. The molecular formula is C24H24Cl2N6O3. The lowest BCUT2D eigenvalue weighted by Crippen LogP contribution is -2.46. The average molecular weight is 515 g/mol. The van der Waals surface area contributed by atoms with E-state index in [-0.39, 0.29) is 29.9 Å². The maximum atomic E-state index is 13.3. The Balaban J connectivity index is 1.39. The Labute approximate surface area is 212 Å². The van der Waals surface area contributed by atoms with Gasteiger partial charge < -0.3 is 25.4 Å². The number of hydrogen-bond acceptors (Lipinski definition) is 8. The van der Waals surface area contributed by atoms with E-state index in [1.54, 1.807) is 25.1 Å². The largest absolute Gasteiger partial charge is 0.453 e.